The number of para-hydroxylation sites is 1. The number of aliphatic hydroxyl groups is 2. The van der Waals surface area contributed by atoms with Crippen molar-refractivity contribution in [3.63, 3.8) is 0 Å². The van der Waals surface area contributed by atoms with Crippen LogP contribution in [0.3, 0.4) is 0 Å². The lowest BCUT2D eigenvalue weighted by atomic mass is 10.0. The van der Waals surface area contributed by atoms with Gasteiger partial charge in [-0.3, -0.25) is 14.3 Å². The highest BCUT2D eigenvalue weighted by Gasteiger charge is 2.43. The summed E-state index contributed by atoms with van der Waals surface area (Å²) in [6, 6.07) is 14.8. The molecule has 40 heavy (non-hydrogen) atoms. The van der Waals surface area contributed by atoms with Gasteiger partial charge in [0, 0.05) is 12.1 Å². The van der Waals surface area contributed by atoms with Gasteiger partial charge in [-0.1, -0.05) is 32.0 Å². The highest BCUT2D eigenvalue weighted by Crippen LogP contribution is 2.25. The molecule has 1 fully saturated rings. The van der Waals surface area contributed by atoms with E-state index in [4.69, 9.17) is 24.1 Å². The van der Waals surface area contributed by atoms with Crippen LogP contribution in [0.25, 0.3) is 0 Å². The fourth-order valence-electron chi connectivity index (χ4n) is 3.85. The van der Waals surface area contributed by atoms with Crippen molar-refractivity contribution in [2.45, 2.75) is 57.1 Å². The number of benzene rings is 2. The minimum atomic E-state index is -4.52. The van der Waals surface area contributed by atoms with Crippen molar-refractivity contribution in [3.8, 4) is 11.5 Å². The lowest BCUT2D eigenvalue weighted by molar-refractivity contribution is -0.121. The van der Waals surface area contributed by atoms with Gasteiger partial charge in [0.15, 0.2) is 0 Å². The predicted molar refractivity (Wildman–Crippen MR) is 144 cm³/mol. The molecule has 1 aliphatic rings. The van der Waals surface area contributed by atoms with E-state index in [9.17, 15) is 28.2 Å². The fourth-order valence-corrected chi connectivity index (χ4v) is 4.62. The zero-order valence-electron chi connectivity index (χ0n) is 22.1. The van der Waals surface area contributed by atoms with Gasteiger partial charge in [0.1, 0.15) is 29.8 Å². The Bertz CT molecular complexity index is 1210. The zero-order chi connectivity index (χ0) is 29.3. The van der Waals surface area contributed by atoms with E-state index in [1.807, 2.05) is 44.2 Å². The van der Waals surface area contributed by atoms with Crippen LogP contribution >= 0.6 is 0 Å². The summed E-state index contributed by atoms with van der Waals surface area (Å²) < 4.78 is 46.9. The maximum absolute atomic E-state index is 12.1. The van der Waals surface area contributed by atoms with Crippen LogP contribution < -0.4 is 20.5 Å². The van der Waals surface area contributed by atoms with E-state index in [1.54, 1.807) is 29.0 Å². The first kappa shape index (κ1) is 31.3. The number of amides is 2. The number of rotatable bonds is 13. The Labute approximate surface area is 232 Å². The molecule has 3 rings (SSSR count). The van der Waals surface area contributed by atoms with Crippen LogP contribution in [0.5, 0.6) is 11.5 Å². The largest absolute Gasteiger partial charge is 0.457 e. The smallest absolute Gasteiger partial charge is 0.411 e. The number of anilines is 1. The van der Waals surface area contributed by atoms with Crippen LogP contribution in [0.15, 0.2) is 54.6 Å². The molecule has 1 saturated heterocycles. The summed E-state index contributed by atoms with van der Waals surface area (Å²) in [6.07, 6.45) is -5.47. The number of carbonyl (C=O) groups is 2. The molecule has 5 atom stereocenters. The van der Waals surface area contributed by atoms with Crippen molar-refractivity contribution in [1.82, 2.24) is 4.72 Å². The lowest BCUT2D eigenvalue weighted by Gasteiger charge is -2.17. The molecule has 1 heterocycles. The van der Waals surface area contributed by atoms with Crippen LogP contribution in [0.2, 0.25) is 0 Å². The molecule has 5 unspecified atom stereocenters. The highest BCUT2D eigenvalue weighted by molar-refractivity contribution is 7.85. The van der Waals surface area contributed by atoms with Gasteiger partial charge in [0.2, 0.25) is 0 Å². The van der Waals surface area contributed by atoms with Crippen molar-refractivity contribution in [3.05, 3.63) is 54.6 Å². The number of ether oxygens (including phenoxy) is 3. The number of nitrogens with one attached hydrogen (secondary N) is 2. The zero-order valence-corrected chi connectivity index (χ0v) is 23.0. The molecule has 2 aromatic rings. The van der Waals surface area contributed by atoms with E-state index in [1.165, 1.54) is 0 Å². The average molecular weight is 582 g/mol. The molecular formula is C26H35N3O10S. The second kappa shape index (κ2) is 14.4. The van der Waals surface area contributed by atoms with Gasteiger partial charge < -0.3 is 30.2 Å². The summed E-state index contributed by atoms with van der Waals surface area (Å²) in [6.45, 7) is 2.84. The summed E-state index contributed by atoms with van der Waals surface area (Å²) in [7, 11) is -4.52. The van der Waals surface area contributed by atoms with Crippen molar-refractivity contribution in [2.24, 2.45) is 11.7 Å². The molecule has 13 nitrogen and oxygen atoms in total. The summed E-state index contributed by atoms with van der Waals surface area (Å²) >= 11 is 0. The van der Waals surface area contributed by atoms with Crippen LogP contribution in [-0.2, 0) is 28.8 Å². The number of hydrogen-bond donors (Lipinski definition) is 5. The summed E-state index contributed by atoms with van der Waals surface area (Å²) in [4.78, 5) is 24.1. The van der Waals surface area contributed by atoms with Crippen molar-refractivity contribution >= 4 is 28.0 Å². The molecule has 220 valence electrons. The third-order valence-corrected chi connectivity index (χ3v) is 6.75. The number of carbonyl (C=O) groups excluding carboxylic acids is 2. The SMILES string of the molecule is CC(C)CC(N)C(=O)NS(=O)(=O)OCC1OC(CCOC(=O)Nc2ccc(Oc3ccccc3)cc2)C(O)C1O. The normalized spacial score (nSPS) is 21.6. The fraction of sp³-hybridized carbons (Fsp3) is 0.462. The van der Waals surface area contributed by atoms with Gasteiger partial charge in [-0.25, -0.2) is 9.52 Å². The maximum atomic E-state index is 12.1. The molecule has 0 aliphatic carbocycles. The summed E-state index contributed by atoms with van der Waals surface area (Å²) in [5.41, 5.74) is 6.14. The average Bonchev–Trinajstić information content (AvgIpc) is 3.16. The first-order valence-electron chi connectivity index (χ1n) is 12.7. The molecule has 1 aliphatic heterocycles. The van der Waals surface area contributed by atoms with Gasteiger partial charge in [-0.05, 0) is 48.7 Å². The van der Waals surface area contributed by atoms with E-state index < -0.39 is 59.4 Å². The second-order valence-electron chi connectivity index (χ2n) is 9.62. The molecule has 0 spiro atoms. The van der Waals surface area contributed by atoms with E-state index in [0.29, 0.717) is 17.2 Å². The first-order valence-corrected chi connectivity index (χ1v) is 14.1. The van der Waals surface area contributed by atoms with Gasteiger partial charge >= 0.3 is 16.4 Å². The highest BCUT2D eigenvalue weighted by atomic mass is 32.2. The van der Waals surface area contributed by atoms with Crippen LogP contribution in [0.1, 0.15) is 26.7 Å². The van der Waals surface area contributed by atoms with E-state index >= 15 is 0 Å². The molecule has 6 N–H and O–H groups in total. The Morgan fingerprint density at radius 1 is 1.00 bits per heavy atom. The molecule has 2 amide bonds. The molecule has 0 bridgehead atoms. The maximum Gasteiger partial charge on any atom is 0.411 e. The summed E-state index contributed by atoms with van der Waals surface area (Å²) in [5, 5.41) is 23.0. The Morgan fingerprint density at radius 3 is 2.27 bits per heavy atom. The number of aliphatic hydroxyl groups excluding tert-OH is 2. The van der Waals surface area contributed by atoms with Crippen LogP contribution in [-0.4, -0.2) is 74.3 Å². The van der Waals surface area contributed by atoms with E-state index in [-0.39, 0.29) is 25.4 Å². The predicted octanol–water partition coefficient (Wildman–Crippen LogP) is 1.66. The lowest BCUT2D eigenvalue weighted by Crippen LogP contribution is -2.45. The number of hydrogen-bond acceptors (Lipinski definition) is 11. The van der Waals surface area contributed by atoms with Gasteiger partial charge in [0.05, 0.1) is 25.4 Å². The van der Waals surface area contributed by atoms with Crippen molar-refractivity contribution in [2.75, 3.05) is 18.5 Å². The molecule has 2 aromatic carbocycles. The molecule has 0 radical (unpaired) electrons. The van der Waals surface area contributed by atoms with Crippen molar-refractivity contribution in [1.29, 1.82) is 0 Å². The van der Waals surface area contributed by atoms with Crippen LogP contribution in [0.4, 0.5) is 10.5 Å². The Balaban J connectivity index is 1.39. The Kier molecular flexibility index (Phi) is 11.2. The third kappa shape index (κ3) is 9.73. The van der Waals surface area contributed by atoms with Gasteiger partial charge in [-0.15, -0.1) is 0 Å². The molecular weight excluding hydrogens is 546 g/mol. The van der Waals surface area contributed by atoms with Gasteiger partial charge in [-0.2, -0.15) is 8.42 Å². The first-order chi connectivity index (χ1) is 18.9. The second-order valence-corrected chi connectivity index (χ2v) is 11.0. The van der Waals surface area contributed by atoms with E-state index in [0.717, 1.165) is 0 Å². The molecule has 0 aromatic heterocycles. The molecule has 14 heteroatoms. The van der Waals surface area contributed by atoms with Crippen LogP contribution in [0, 0.1) is 5.92 Å². The molecule has 0 saturated carbocycles. The van der Waals surface area contributed by atoms with Gasteiger partial charge in [0.25, 0.3) is 5.91 Å². The topological polar surface area (TPSA) is 196 Å². The monoisotopic (exact) mass is 581 g/mol. The van der Waals surface area contributed by atoms with Crippen molar-refractivity contribution < 1.29 is 46.6 Å². The quantitative estimate of drug-likeness (QED) is 0.231. The Hall–Kier alpha value is -3.27. The number of nitrogens with two attached hydrogens (primary N) is 1. The Morgan fingerprint density at radius 2 is 1.62 bits per heavy atom. The summed E-state index contributed by atoms with van der Waals surface area (Å²) in [5.74, 6) is 0.408. The minimum Gasteiger partial charge on any atom is -0.457 e. The third-order valence-electron chi connectivity index (χ3n) is 5.85. The standard InChI is InChI=1S/C26H35N3O10S/c1-16(2)14-20(27)25(32)29-40(34,35)37-15-22-24(31)23(30)21(39-22)12-13-36-26(33)28-17-8-10-19(11-9-17)38-18-6-4-3-5-7-18/h3-11,16,20-24,30-31H,12-15,27H2,1-2H3,(H,28,33)(H,29,32). The van der Waals surface area contributed by atoms with E-state index in [2.05, 4.69) is 5.32 Å². The minimum absolute atomic E-state index is 0.0134.